The molecule has 0 spiro atoms. The summed E-state index contributed by atoms with van der Waals surface area (Å²) in [5.41, 5.74) is 1.92. The van der Waals surface area contributed by atoms with Crippen LogP contribution in [0.15, 0.2) is 54.6 Å². The molecule has 0 saturated carbocycles. The van der Waals surface area contributed by atoms with Crippen LogP contribution in [0.25, 0.3) is 9.81 Å². The molecule has 0 aromatic heterocycles. The number of hydrogen-bond donors (Lipinski definition) is 2. The van der Waals surface area contributed by atoms with Gasteiger partial charge in [-0.15, -0.1) is 25.3 Å². The van der Waals surface area contributed by atoms with Crippen molar-refractivity contribution >= 4 is 46.7 Å². The van der Waals surface area contributed by atoms with Gasteiger partial charge in [0.15, 0.2) is 0 Å². The summed E-state index contributed by atoms with van der Waals surface area (Å²) in [6.07, 6.45) is 0. The minimum Gasteiger partial charge on any atom is -0.142 e. The molecule has 0 aliphatic rings. The van der Waals surface area contributed by atoms with E-state index < -0.39 is 0 Å². The van der Waals surface area contributed by atoms with Gasteiger partial charge in [0.1, 0.15) is 0 Å². The number of halogens is 1. The van der Waals surface area contributed by atoms with Gasteiger partial charge in [-0.05, 0) is 11.6 Å². The molecule has 17 heavy (non-hydrogen) atoms. The predicted molar refractivity (Wildman–Crippen MR) is 82.7 cm³/mol. The molecule has 0 aliphatic carbocycles. The van der Waals surface area contributed by atoms with Gasteiger partial charge in [0.05, 0.1) is 0 Å². The van der Waals surface area contributed by atoms with Gasteiger partial charge in [-0.1, -0.05) is 60.1 Å². The Kier molecular flexibility index (Phi) is 4.21. The van der Waals surface area contributed by atoms with Crippen LogP contribution >= 0.6 is 36.9 Å². The number of rotatable bonds is 2. The van der Waals surface area contributed by atoms with Crippen molar-refractivity contribution in [3.8, 4) is 0 Å². The van der Waals surface area contributed by atoms with Crippen molar-refractivity contribution in [2.45, 2.75) is 0 Å². The van der Waals surface area contributed by atoms with Crippen molar-refractivity contribution in [3.05, 3.63) is 70.7 Å². The first kappa shape index (κ1) is 12.6. The highest BCUT2D eigenvalue weighted by Crippen LogP contribution is 2.34. The highest BCUT2D eigenvalue weighted by Gasteiger charge is 2.07. The van der Waals surface area contributed by atoms with E-state index in [9.17, 15) is 0 Å². The molecule has 0 nitrogen and oxygen atoms in total. The lowest BCUT2D eigenvalue weighted by Crippen LogP contribution is -1.83. The molecule has 0 aliphatic heterocycles. The molecule has 3 heteroatoms. The fourth-order valence-electron chi connectivity index (χ4n) is 1.51. The maximum Gasteiger partial charge on any atom is 0.0489 e. The van der Waals surface area contributed by atoms with E-state index in [0.717, 1.165) is 20.9 Å². The maximum atomic E-state index is 6.13. The van der Waals surface area contributed by atoms with Gasteiger partial charge in [-0.3, -0.25) is 0 Å². The van der Waals surface area contributed by atoms with Crippen molar-refractivity contribution < 1.29 is 0 Å². The van der Waals surface area contributed by atoms with E-state index in [-0.39, 0.29) is 0 Å². The Bertz CT molecular complexity index is 547. The second kappa shape index (κ2) is 5.67. The van der Waals surface area contributed by atoms with Crippen LogP contribution in [0.5, 0.6) is 0 Å². The molecule has 0 atom stereocenters. The lowest BCUT2D eigenvalue weighted by Gasteiger charge is -2.08. The van der Waals surface area contributed by atoms with Gasteiger partial charge in [-0.25, -0.2) is 0 Å². The van der Waals surface area contributed by atoms with E-state index in [2.05, 4.69) is 25.3 Å². The molecule has 2 aromatic carbocycles. The van der Waals surface area contributed by atoms with Gasteiger partial charge in [-0.2, -0.15) is 0 Å². The molecular formula is C14H11ClS2. The lowest BCUT2D eigenvalue weighted by molar-refractivity contribution is 1.63. The van der Waals surface area contributed by atoms with Crippen molar-refractivity contribution in [1.82, 2.24) is 0 Å². The molecule has 2 aromatic rings. The van der Waals surface area contributed by atoms with Crippen LogP contribution < -0.4 is 0 Å². The molecule has 0 radical (unpaired) electrons. The van der Waals surface area contributed by atoms with Crippen LogP contribution in [-0.4, -0.2) is 0 Å². The minimum absolute atomic E-state index is 0.681. The van der Waals surface area contributed by atoms with Gasteiger partial charge >= 0.3 is 0 Å². The topological polar surface area (TPSA) is 0 Å². The summed E-state index contributed by atoms with van der Waals surface area (Å²) in [6.45, 7) is 0. The second-order valence-corrected chi connectivity index (χ2v) is 4.84. The second-order valence-electron chi connectivity index (χ2n) is 3.54. The quantitative estimate of drug-likeness (QED) is 0.559. The highest BCUT2D eigenvalue weighted by molar-refractivity contribution is 7.96. The van der Waals surface area contributed by atoms with E-state index in [4.69, 9.17) is 11.6 Å². The number of benzene rings is 2. The van der Waals surface area contributed by atoms with Gasteiger partial charge in [0.2, 0.25) is 0 Å². The first-order valence-electron chi connectivity index (χ1n) is 5.12. The largest absolute Gasteiger partial charge is 0.142 e. The van der Waals surface area contributed by atoms with Crippen molar-refractivity contribution in [1.29, 1.82) is 0 Å². The lowest BCUT2D eigenvalue weighted by atomic mass is 10.1. The third-order valence-electron chi connectivity index (χ3n) is 2.40. The van der Waals surface area contributed by atoms with E-state index in [1.807, 2.05) is 54.6 Å². The Hall–Kier alpha value is -0.830. The number of thiol groups is 2. The molecular weight excluding hydrogens is 268 g/mol. The standard InChI is InChI=1S/C14H11ClS2/c15-12-9-5-4-8-11(12)14(17)13(16)10-6-2-1-3-7-10/h1-9,16-17H/b14-13-. The third kappa shape index (κ3) is 2.89. The van der Waals surface area contributed by atoms with E-state index in [1.54, 1.807) is 0 Å². The molecule has 86 valence electrons. The minimum atomic E-state index is 0.681. The Morgan fingerprint density at radius 2 is 1.35 bits per heavy atom. The zero-order valence-electron chi connectivity index (χ0n) is 8.97. The Morgan fingerprint density at radius 1 is 0.765 bits per heavy atom. The third-order valence-corrected chi connectivity index (χ3v) is 3.85. The summed E-state index contributed by atoms with van der Waals surface area (Å²) in [6, 6.07) is 17.5. The summed E-state index contributed by atoms with van der Waals surface area (Å²) in [4.78, 5) is 1.60. The van der Waals surface area contributed by atoms with E-state index in [1.165, 1.54) is 0 Å². The van der Waals surface area contributed by atoms with Crippen LogP contribution in [0.4, 0.5) is 0 Å². The van der Waals surface area contributed by atoms with Crippen LogP contribution in [0.1, 0.15) is 11.1 Å². The molecule has 0 bridgehead atoms. The summed E-state index contributed by atoms with van der Waals surface area (Å²) in [5.74, 6) is 0. The highest BCUT2D eigenvalue weighted by atomic mass is 35.5. The molecule has 0 amide bonds. The molecule has 2 rings (SSSR count). The summed E-state index contributed by atoms with van der Waals surface area (Å²) < 4.78 is 0. The van der Waals surface area contributed by atoms with Crippen LogP contribution in [-0.2, 0) is 0 Å². The van der Waals surface area contributed by atoms with Crippen molar-refractivity contribution in [3.63, 3.8) is 0 Å². The first-order valence-corrected chi connectivity index (χ1v) is 6.40. The normalized spacial score (nSPS) is 12.2. The average Bonchev–Trinajstić information content (AvgIpc) is 2.39. The molecule has 0 saturated heterocycles. The Balaban J connectivity index is 2.50. The Morgan fingerprint density at radius 3 is 2.00 bits per heavy atom. The zero-order chi connectivity index (χ0) is 12.3. The monoisotopic (exact) mass is 278 g/mol. The summed E-state index contributed by atoms with van der Waals surface area (Å²) >= 11 is 15.2. The fraction of sp³-hybridized carbons (Fsp3) is 0. The predicted octanol–water partition coefficient (Wildman–Crippen LogP) is 5.03. The SMILES string of the molecule is S/C(=C(\S)c1ccccc1Cl)c1ccccc1. The first-order chi connectivity index (χ1) is 8.20. The number of hydrogen-bond acceptors (Lipinski definition) is 2. The summed E-state index contributed by atoms with van der Waals surface area (Å²) in [7, 11) is 0. The van der Waals surface area contributed by atoms with E-state index in [0.29, 0.717) is 5.02 Å². The molecule has 0 fully saturated rings. The molecule has 0 heterocycles. The molecule has 0 unspecified atom stereocenters. The smallest absolute Gasteiger partial charge is 0.0489 e. The molecule has 0 N–H and O–H groups in total. The van der Waals surface area contributed by atoms with Gasteiger partial charge in [0.25, 0.3) is 0 Å². The summed E-state index contributed by atoms with van der Waals surface area (Å²) in [5, 5.41) is 0.681. The van der Waals surface area contributed by atoms with Crippen molar-refractivity contribution in [2.24, 2.45) is 0 Å². The maximum absolute atomic E-state index is 6.13. The van der Waals surface area contributed by atoms with Gasteiger partial charge < -0.3 is 0 Å². The Labute approximate surface area is 117 Å². The zero-order valence-corrected chi connectivity index (χ0v) is 11.5. The van der Waals surface area contributed by atoms with Crippen LogP contribution in [0.3, 0.4) is 0 Å². The van der Waals surface area contributed by atoms with E-state index >= 15 is 0 Å². The van der Waals surface area contributed by atoms with Crippen LogP contribution in [0.2, 0.25) is 5.02 Å². The van der Waals surface area contributed by atoms with Crippen molar-refractivity contribution in [2.75, 3.05) is 0 Å². The average molecular weight is 279 g/mol. The fourth-order valence-corrected chi connectivity index (χ4v) is 2.40. The van der Waals surface area contributed by atoms with Crippen LogP contribution in [0, 0.1) is 0 Å². The van der Waals surface area contributed by atoms with Gasteiger partial charge in [0, 0.05) is 20.4 Å².